The average Bonchev–Trinajstić information content (AvgIpc) is 2.36. The molecule has 0 bridgehead atoms. The summed E-state index contributed by atoms with van der Waals surface area (Å²) in [5.74, 6) is -0.821. The molecule has 0 aliphatic heterocycles. The fourth-order valence-electron chi connectivity index (χ4n) is 1.64. The summed E-state index contributed by atoms with van der Waals surface area (Å²) >= 11 is 6.69. The van der Waals surface area contributed by atoms with Gasteiger partial charge in [-0.15, -0.1) is 0 Å². The number of rotatable bonds is 4. The van der Waals surface area contributed by atoms with Crippen molar-refractivity contribution in [2.75, 3.05) is 20.7 Å². The van der Waals surface area contributed by atoms with Gasteiger partial charge in [0.2, 0.25) is 0 Å². The van der Waals surface area contributed by atoms with Crippen LogP contribution in [0.15, 0.2) is 27.1 Å². The molecule has 0 aromatic heterocycles. The molecule has 1 atom stereocenters. The Balaban J connectivity index is 2.79. The molecule has 6 heteroatoms. The molecular formula is C13H15Br2NO3. The Morgan fingerprint density at radius 2 is 2.00 bits per heavy atom. The predicted octanol–water partition coefficient (Wildman–Crippen LogP) is 3.09. The van der Waals surface area contributed by atoms with Gasteiger partial charge in [-0.25, -0.2) is 0 Å². The lowest BCUT2D eigenvalue weighted by atomic mass is 10.1. The van der Waals surface area contributed by atoms with Gasteiger partial charge in [0.15, 0.2) is 0 Å². The van der Waals surface area contributed by atoms with Gasteiger partial charge in [-0.1, -0.05) is 22.9 Å². The van der Waals surface area contributed by atoms with Crippen molar-refractivity contribution in [3.05, 3.63) is 32.7 Å². The lowest BCUT2D eigenvalue weighted by Crippen LogP contribution is -2.34. The topological polar surface area (TPSA) is 46.6 Å². The zero-order valence-corrected chi connectivity index (χ0v) is 14.1. The van der Waals surface area contributed by atoms with Crippen LogP contribution in [0.25, 0.3) is 0 Å². The number of carbonyl (C=O) groups is 2. The van der Waals surface area contributed by atoms with Crippen LogP contribution in [0.5, 0.6) is 0 Å². The van der Waals surface area contributed by atoms with Crippen LogP contribution in [-0.2, 0) is 9.53 Å². The second kappa shape index (κ2) is 7.05. The molecule has 0 fully saturated rings. The highest BCUT2D eigenvalue weighted by Crippen LogP contribution is 2.23. The highest BCUT2D eigenvalue weighted by atomic mass is 79.9. The Morgan fingerprint density at radius 3 is 2.53 bits per heavy atom. The highest BCUT2D eigenvalue weighted by Gasteiger charge is 2.20. The number of nitrogens with zero attached hydrogens (tertiary/aromatic N) is 1. The van der Waals surface area contributed by atoms with Crippen LogP contribution in [0.4, 0.5) is 0 Å². The van der Waals surface area contributed by atoms with Gasteiger partial charge in [-0.05, 0) is 34.1 Å². The Morgan fingerprint density at radius 1 is 1.37 bits per heavy atom. The third-order valence-corrected chi connectivity index (χ3v) is 3.81. The van der Waals surface area contributed by atoms with Crippen molar-refractivity contribution in [3.8, 4) is 0 Å². The Kier molecular flexibility index (Phi) is 6.00. The highest BCUT2D eigenvalue weighted by molar-refractivity contribution is 9.11. The van der Waals surface area contributed by atoms with Crippen molar-refractivity contribution in [1.82, 2.24) is 4.90 Å². The minimum atomic E-state index is -0.354. The molecule has 0 aliphatic rings. The molecule has 1 rings (SSSR count). The van der Waals surface area contributed by atoms with Gasteiger partial charge in [0.1, 0.15) is 0 Å². The minimum Gasteiger partial charge on any atom is -0.469 e. The first-order chi connectivity index (χ1) is 8.86. The molecule has 0 radical (unpaired) electrons. The van der Waals surface area contributed by atoms with Crippen molar-refractivity contribution < 1.29 is 14.3 Å². The van der Waals surface area contributed by atoms with E-state index in [2.05, 4.69) is 36.6 Å². The summed E-state index contributed by atoms with van der Waals surface area (Å²) in [5.41, 5.74) is 0.558. The molecule has 1 aromatic rings. The first kappa shape index (κ1) is 16.2. The van der Waals surface area contributed by atoms with E-state index >= 15 is 0 Å². The number of halogens is 2. The summed E-state index contributed by atoms with van der Waals surface area (Å²) < 4.78 is 6.25. The van der Waals surface area contributed by atoms with E-state index in [1.54, 1.807) is 26.1 Å². The van der Waals surface area contributed by atoms with Crippen molar-refractivity contribution in [2.24, 2.45) is 5.92 Å². The minimum absolute atomic E-state index is 0.143. The summed E-state index contributed by atoms with van der Waals surface area (Å²) in [4.78, 5) is 25.1. The number of carbonyl (C=O) groups excluding carboxylic acids is 2. The summed E-state index contributed by atoms with van der Waals surface area (Å²) in [6.07, 6.45) is 0. The molecule has 0 aliphatic carbocycles. The molecule has 0 spiro atoms. The van der Waals surface area contributed by atoms with Crippen LogP contribution < -0.4 is 0 Å². The first-order valence-electron chi connectivity index (χ1n) is 5.65. The third kappa shape index (κ3) is 4.31. The zero-order chi connectivity index (χ0) is 14.6. The molecule has 1 aromatic carbocycles. The standard InChI is InChI=1S/C13H15Br2NO3/c1-8(13(18)19-3)7-16(2)12(17)10-5-4-9(14)6-11(10)15/h4-6,8H,7H2,1-3H3. The van der Waals surface area contributed by atoms with E-state index in [1.165, 1.54) is 12.0 Å². The summed E-state index contributed by atoms with van der Waals surface area (Å²) in [5, 5.41) is 0. The van der Waals surface area contributed by atoms with Crippen molar-refractivity contribution in [1.29, 1.82) is 0 Å². The van der Waals surface area contributed by atoms with E-state index in [4.69, 9.17) is 0 Å². The second-order valence-electron chi connectivity index (χ2n) is 4.23. The van der Waals surface area contributed by atoms with E-state index < -0.39 is 0 Å². The molecule has 0 saturated heterocycles. The Bertz CT molecular complexity index is 491. The smallest absolute Gasteiger partial charge is 0.310 e. The van der Waals surface area contributed by atoms with Gasteiger partial charge in [-0.3, -0.25) is 9.59 Å². The lowest BCUT2D eigenvalue weighted by molar-refractivity contribution is -0.145. The van der Waals surface area contributed by atoms with Crippen LogP contribution in [0, 0.1) is 5.92 Å². The first-order valence-corrected chi connectivity index (χ1v) is 7.23. The molecule has 4 nitrogen and oxygen atoms in total. The number of hydrogen-bond donors (Lipinski definition) is 0. The zero-order valence-electron chi connectivity index (χ0n) is 10.9. The van der Waals surface area contributed by atoms with Gasteiger partial charge in [0.25, 0.3) is 5.91 Å². The van der Waals surface area contributed by atoms with E-state index in [1.807, 2.05) is 6.07 Å². The summed E-state index contributed by atoms with van der Waals surface area (Å²) in [6, 6.07) is 5.34. The number of hydrogen-bond acceptors (Lipinski definition) is 3. The van der Waals surface area contributed by atoms with Crippen molar-refractivity contribution in [3.63, 3.8) is 0 Å². The van der Waals surface area contributed by atoms with Gasteiger partial charge in [-0.2, -0.15) is 0 Å². The average molecular weight is 393 g/mol. The van der Waals surface area contributed by atoms with Crippen molar-refractivity contribution in [2.45, 2.75) is 6.92 Å². The monoisotopic (exact) mass is 391 g/mol. The Labute approximate surface area is 129 Å². The van der Waals surface area contributed by atoms with Crippen LogP contribution in [0.2, 0.25) is 0 Å². The van der Waals surface area contributed by atoms with Crippen LogP contribution in [0.3, 0.4) is 0 Å². The molecule has 104 valence electrons. The molecular weight excluding hydrogens is 378 g/mol. The number of benzene rings is 1. The van der Waals surface area contributed by atoms with Crippen LogP contribution in [0.1, 0.15) is 17.3 Å². The predicted molar refractivity (Wildman–Crippen MR) is 80.0 cm³/mol. The van der Waals surface area contributed by atoms with Crippen molar-refractivity contribution >= 4 is 43.7 Å². The van der Waals surface area contributed by atoms with Gasteiger partial charge >= 0.3 is 5.97 Å². The molecule has 1 amide bonds. The largest absolute Gasteiger partial charge is 0.469 e. The van der Waals surface area contributed by atoms with E-state index in [0.29, 0.717) is 16.6 Å². The molecule has 0 heterocycles. The molecule has 0 N–H and O–H groups in total. The van der Waals surface area contributed by atoms with E-state index in [0.717, 1.165) is 4.47 Å². The quantitative estimate of drug-likeness (QED) is 0.739. The normalized spacial score (nSPS) is 11.8. The van der Waals surface area contributed by atoms with E-state index in [9.17, 15) is 9.59 Å². The SMILES string of the molecule is COC(=O)C(C)CN(C)C(=O)c1ccc(Br)cc1Br. The van der Waals surface area contributed by atoms with Crippen LogP contribution >= 0.6 is 31.9 Å². The molecule has 0 saturated carbocycles. The third-order valence-electron chi connectivity index (χ3n) is 2.66. The maximum atomic E-state index is 12.3. The van der Waals surface area contributed by atoms with Gasteiger partial charge < -0.3 is 9.64 Å². The van der Waals surface area contributed by atoms with Crippen LogP contribution in [-0.4, -0.2) is 37.5 Å². The number of amides is 1. The van der Waals surface area contributed by atoms with E-state index in [-0.39, 0.29) is 17.8 Å². The van der Waals surface area contributed by atoms with Gasteiger partial charge in [0, 0.05) is 22.5 Å². The lowest BCUT2D eigenvalue weighted by Gasteiger charge is -2.21. The summed E-state index contributed by atoms with van der Waals surface area (Å²) in [6.45, 7) is 2.04. The Hall–Kier alpha value is -0.880. The summed E-state index contributed by atoms with van der Waals surface area (Å²) in [7, 11) is 3.00. The number of esters is 1. The number of methoxy groups -OCH3 is 1. The molecule has 1 unspecified atom stereocenters. The molecule has 19 heavy (non-hydrogen) atoms. The maximum Gasteiger partial charge on any atom is 0.310 e. The maximum absolute atomic E-state index is 12.3. The van der Waals surface area contributed by atoms with Gasteiger partial charge in [0.05, 0.1) is 18.6 Å². The fourth-order valence-corrected chi connectivity index (χ4v) is 2.85. The fraction of sp³-hybridized carbons (Fsp3) is 0.385. The second-order valence-corrected chi connectivity index (χ2v) is 6.00. The number of ether oxygens (including phenoxy) is 1.